The van der Waals surface area contributed by atoms with Gasteiger partial charge in [-0.05, 0) is 25.0 Å². The summed E-state index contributed by atoms with van der Waals surface area (Å²) in [5.74, 6) is -0.468. The molecule has 0 saturated carbocycles. The Labute approximate surface area is 141 Å². The van der Waals surface area contributed by atoms with Crippen LogP contribution in [0, 0.1) is 0 Å². The summed E-state index contributed by atoms with van der Waals surface area (Å²) in [5.41, 5.74) is 0.795. The molecular weight excluding hydrogens is 310 g/mol. The normalized spacial score (nSPS) is 17.1. The van der Waals surface area contributed by atoms with Crippen LogP contribution < -0.4 is 4.74 Å². The van der Waals surface area contributed by atoms with E-state index in [0.29, 0.717) is 18.9 Å². The van der Waals surface area contributed by atoms with Crippen LogP contribution in [0.25, 0.3) is 6.08 Å². The van der Waals surface area contributed by atoms with Gasteiger partial charge in [0.05, 0.1) is 19.6 Å². The van der Waals surface area contributed by atoms with Crippen LogP contribution in [0.15, 0.2) is 30.3 Å². The highest BCUT2D eigenvalue weighted by Crippen LogP contribution is 2.19. The van der Waals surface area contributed by atoms with Crippen molar-refractivity contribution < 1.29 is 24.2 Å². The number of aliphatic carboxylic acids is 1. The molecule has 1 saturated heterocycles. The summed E-state index contributed by atoms with van der Waals surface area (Å²) >= 11 is 0. The molecule has 1 amide bonds. The third-order valence-electron chi connectivity index (χ3n) is 3.90. The Hall–Kier alpha value is -2.34. The molecule has 0 aliphatic carbocycles. The molecule has 1 unspecified atom stereocenters. The number of para-hydroxylation sites is 1. The summed E-state index contributed by atoms with van der Waals surface area (Å²) in [6, 6.07) is 7.39. The summed E-state index contributed by atoms with van der Waals surface area (Å²) in [5, 5.41) is 8.88. The van der Waals surface area contributed by atoms with Gasteiger partial charge in [-0.15, -0.1) is 0 Å². The van der Waals surface area contributed by atoms with Crippen LogP contribution in [0.5, 0.6) is 5.75 Å². The lowest BCUT2D eigenvalue weighted by Gasteiger charge is -2.23. The van der Waals surface area contributed by atoms with E-state index in [0.717, 1.165) is 18.4 Å². The minimum Gasteiger partial charge on any atom is -0.496 e. The van der Waals surface area contributed by atoms with Gasteiger partial charge in [0.15, 0.2) is 0 Å². The number of methoxy groups -OCH3 is 1. The Morgan fingerprint density at radius 3 is 2.88 bits per heavy atom. The topological polar surface area (TPSA) is 76.1 Å². The highest BCUT2D eigenvalue weighted by atomic mass is 16.5. The van der Waals surface area contributed by atoms with Crippen molar-refractivity contribution in [1.82, 2.24) is 4.90 Å². The third kappa shape index (κ3) is 5.38. The minimum absolute atomic E-state index is 0.0117. The zero-order valence-corrected chi connectivity index (χ0v) is 13.8. The number of amides is 1. The molecule has 1 atom stereocenters. The van der Waals surface area contributed by atoms with Gasteiger partial charge in [0.1, 0.15) is 5.75 Å². The number of benzene rings is 1. The lowest BCUT2D eigenvalue weighted by atomic mass is 10.1. The number of carboxylic acid groups (broad SMARTS) is 1. The average molecular weight is 333 g/mol. The Kier molecular flexibility index (Phi) is 6.81. The van der Waals surface area contributed by atoms with E-state index in [1.165, 1.54) is 11.0 Å². The van der Waals surface area contributed by atoms with E-state index in [9.17, 15) is 9.59 Å². The predicted molar refractivity (Wildman–Crippen MR) is 89.8 cm³/mol. The lowest BCUT2D eigenvalue weighted by molar-refractivity contribution is -0.138. The van der Waals surface area contributed by atoms with Crippen LogP contribution in [0.4, 0.5) is 0 Å². The maximum Gasteiger partial charge on any atom is 0.305 e. The Balaban J connectivity index is 2.04. The lowest BCUT2D eigenvalue weighted by Crippen LogP contribution is -2.37. The number of ether oxygens (including phenoxy) is 2. The standard InChI is InChI=1S/C18H23NO5/c1-23-16-7-3-2-5-14(16)8-9-17(20)19(11-10-18(21)22)13-15-6-4-12-24-15/h2-3,5,7-9,15H,4,6,10-13H2,1H3,(H,21,22). The summed E-state index contributed by atoms with van der Waals surface area (Å²) < 4.78 is 10.8. The summed E-state index contributed by atoms with van der Waals surface area (Å²) in [4.78, 5) is 24.8. The SMILES string of the molecule is COc1ccccc1C=CC(=O)N(CCC(=O)O)CC1CCCO1. The van der Waals surface area contributed by atoms with Gasteiger partial charge >= 0.3 is 5.97 Å². The largest absolute Gasteiger partial charge is 0.496 e. The fourth-order valence-corrected chi connectivity index (χ4v) is 2.63. The number of nitrogens with zero attached hydrogens (tertiary/aromatic N) is 1. The van der Waals surface area contributed by atoms with Crippen LogP contribution in [-0.2, 0) is 14.3 Å². The van der Waals surface area contributed by atoms with E-state index >= 15 is 0 Å². The number of carbonyl (C=O) groups is 2. The molecule has 6 heteroatoms. The molecule has 1 aliphatic rings. The minimum atomic E-state index is -0.922. The average Bonchev–Trinajstić information content (AvgIpc) is 3.09. The van der Waals surface area contributed by atoms with Crippen LogP contribution in [0.3, 0.4) is 0 Å². The van der Waals surface area contributed by atoms with Crippen molar-refractivity contribution in [2.75, 3.05) is 26.8 Å². The molecule has 1 aliphatic heterocycles. The second kappa shape index (κ2) is 9.08. The molecule has 0 aromatic heterocycles. The van der Waals surface area contributed by atoms with Gasteiger partial charge in [0.25, 0.3) is 0 Å². The fraction of sp³-hybridized carbons (Fsp3) is 0.444. The molecule has 1 aromatic rings. The number of carboxylic acids is 1. The van der Waals surface area contributed by atoms with Crippen molar-refractivity contribution in [3.8, 4) is 5.75 Å². The Morgan fingerprint density at radius 1 is 1.42 bits per heavy atom. The number of hydrogen-bond acceptors (Lipinski definition) is 4. The van der Waals surface area contributed by atoms with E-state index < -0.39 is 5.97 Å². The third-order valence-corrected chi connectivity index (χ3v) is 3.90. The summed E-state index contributed by atoms with van der Waals surface area (Å²) in [7, 11) is 1.57. The van der Waals surface area contributed by atoms with Gasteiger partial charge in [0, 0.05) is 31.3 Å². The van der Waals surface area contributed by atoms with Gasteiger partial charge in [-0.2, -0.15) is 0 Å². The molecule has 1 N–H and O–H groups in total. The molecule has 6 nitrogen and oxygen atoms in total. The van der Waals surface area contributed by atoms with Gasteiger partial charge < -0.3 is 19.5 Å². The van der Waals surface area contributed by atoms with Crippen LogP contribution in [0.1, 0.15) is 24.8 Å². The molecule has 2 rings (SSSR count). The fourth-order valence-electron chi connectivity index (χ4n) is 2.63. The van der Waals surface area contributed by atoms with Gasteiger partial charge in [-0.3, -0.25) is 9.59 Å². The Morgan fingerprint density at radius 2 is 2.21 bits per heavy atom. The van der Waals surface area contributed by atoms with Crippen LogP contribution in [0.2, 0.25) is 0 Å². The van der Waals surface area contributed by atoms with Crippen molar-refractivity contribution in [1.29, 1.82) is 0 Å². The first-order valence-electron chi connectivity index (χ1n) is 8.03. The van der Waals surface area contributed by atoms with E-state index in [1.54, 1.807) is 13.2 Å². The van der Waals surface area contributed by atoms with Gasteiger partial charge in [-0.1, -0.05) is 18.2 Å². The zero-order valence-electron chi connectivity index (χ0n) is 13.8. The monoisotopic (exact) mass is 333 g/mol. The molecule has 1 heterocycles. The summed E-state index contributed by atoms with van der Waals surface area (Å²) in [6.45, 7) is 1.29. The molecular formula is C18H23NO5. The molecule has 1 fully saturated rings. The van der Waals surface area contributed by atoms with Crippen molar-refractivity contribution in [2.24, 2.45) is 0 Å². The smallest absolute Gasteiger partial charge is 0.305 e. The molecule has 1 aromatic carbocycles. The molecule has 0 bridgehead atoms. The number of hydrogen-bond donors (Lipinski definition) is 1. The van der Waals surface area contributed by atoms with Gasteiger partial charge in [-0.25, -0.2) is 0 Å². The number of carbonyl (C=O) groups excluding carboxylic acids is 1. The summed E-state index contributed by atoms with van der Waals surface area (Å²) in [6.07, 6.45) is 4.91. The van der Waals surface area contributed by atoms with Crippen molar-refractivity contribution >= 4 is 18.0 Å². The molecule has 0 radical (unpaired) electrons. The first-order valence-corrected chi connectivity index (χ1v) is 8.03. The first kappa shape index (κ1) is 18.0. The van der Waals surface area contributed by atoms with Crippen LogP contribution in [-0.4, -0.2) is 54.8 Å². The highest BCUT2D eigenvalue weighted by Gasteiger charge is 2.22. The predicted octanol–water partition coefficient (Wildman–Crippen LogP) is 2.19. The number of rotatable bonds is 8. The van der Waals surface area contributed by atoms with Crippen LogP contribution >= 0.6 is 0 Å². The highest BCUT2D eigenvalue weighted by molar-refractivity contribution is 5.92. The maximum absolute atomic E-state index is 12.5. The second-order valence-corrected chi connectivity index (χ2v) is 5.64. The van der Waals surface area contributed by atoms with E-state index in [2.05, 4.69) is 0 Å². The second-order valence-electron chi connectivity index (χ2n) is 5.64. The first-order chi connectivity index (χ1) is 11.6. The molecule has 24 heavy (non-hydrogen) atoms. The van der Waals surface area contributed by atoms with E-state index in [4.69, 9.17) is 14.6 Å². The van der Waals surface area contributed by atoms with Gasteiger partial charge in [0.2, 0.25) is 5.91 Å². The Bertz CT molecular complexity index is 593. The molecule has 0 spiro atoms. The maximum atomic E-state index is 12.5. The van der Waals surface area contributed by atoms with Crippen molar-refractivity contribution in [3.63, 3.8) is 0 Å². The van der Waals surface area contributed by atoms with Crippen molar-refractivity contribution in [3.05, 3.63) is 35.9 Å². The van der Waals surface area contributed by atoms with Crippen molar-refractivity contribution in [2.45, 2.75) is 25.4 Å². The van der Waals surface area contributed by atoms with E-state index in [-0.39, 0.29) is 25.0 Å². The molecule has 130 valence electrons. The van der Waals surface area contributed by atoms with E-state index in [1.807, 2.05) is 24.3 Å². The quantitative estimate of drug-likeness (QED) is 0.738. The zero-order chi connectivity index (χ0) is 17.4.